The Kier molecular flexibility index (Phi) is 3.75. The fourth-order valence-corrected chi connectivity index (χ4v) is 2.07. The van der Waals surface area contributed by atoms with Crippen LogP contribution in [-0.2, 0) is 6.54 Å². The minimum absolute atomic E-state index is 0.354. The molecule has 2 rings (SSSR count). The summed E-state index contributed by atoms with van der Waals surface area (Å²) >= 11 is 0. The Labute approximate surface area is 90.5 Å². The monoisotopic (exact) mass is 209 g/mol. The van der Waals surface area contributed by atoms with Gasteiger partial charge in [0.2, 0.25) is 0 Å². The van der Waals surface area contributed by atoms with Gasteiger partial charge in [0, 0.05) is 25.5 Å². The normalized spacial score (nSPS) is 19.5. The Bertz CT molecular complexity index is 265. The first-order valence-electron chi connectivity index (χ1n) is 5.69. The average Bonchev–Trinajstić information content (AvgIpc) is 2.80. The van der Waals surface area contributed by atoms with Gasteiger partial charge in [0.05, 0.1) is 6.54 Å². The average molecular weight is 209 g/mol. The van der Waals surface area contributed by atoms with Gasteiger partial charge >= 0.3 is 0 Å². The van der Waals surface area contributed by atoms with Gasteiger partial charge in [0.1, 0.15) is 0 Å². The molecule has 2 heterocycles. The Balaban J connectivity index is 1.69. The molecular formula is C11H19N3O. The minimum atomic E-state index is 0.354. The molecular weight excluding hydrogens is 190 g/mol. The highest BCUT2D eigenvalue weighted by atomic mass is 16.3. The molecule has 0 aliphatic carbocycles. The van der Waals surface area contributed by atoms with Crippen LogP contribution in [0, 0.1) is 5.92 Å². The molecule has 1 aromatic heterocycles. The van der Waals surface area contributed by atoms with Gasteiger partial charge in [0.25, 0.3) is 0 Å². The van der Waals surface area contributed by atoms with Gasteiger partial charge in [-0.25, -0.2) is 0 Å². The van der Waals surface area contributed by atoms with E-state index in [-0.39, 0.29) is 0 Å². The van der Waals surface area contributed by atoms with E-state index in [4.69, 9.17) is 5.11 Å². The Morgan fingerprint density at radius 1 is 1.27 bits per heavy atom. The standard InChI is InChI=1S/C11H19N3O/c15-10-11-2-6-13(7-3-11)8-9-14-5-1-4-12-14/h1,4-5,11,15H,2-3,6-10H2. The van der Waals surface area contributed by atoms with Crippen molar-refractivity contribution in [1.29, 1.82) is 0 Å². The second-order valence-corrected chi connectivity index (χ2v) is 4.24. The molecule has 1 aliphatic heterocycles. The van der Waals surface area contributed by atoms with Crippen LogP contribution in [0.5, 0.6) is 0 Å². The molecule has 1 fully saturated rings. The number of aliphatic hydroxyl groups is 1. The van der Waals surface area contributed by atoms with Gasteiger partial charge < -0.3 is 10.0 Å². The molecule has 0 aromatic carbocycles. The quantitative estimate of drug-likeness (QED) is 0.789. The van der Waals surface area contributed by atoms with Crippen LogP contribution in [0.3, 0.4) is 0 Å². The molecule has 1 N–H and O–H groups in total. The minimum Gasteiger partial charge on any atom is -0.396 e. The maximum absolute atomic E-state index is 9.02. The first-order chi connectivity index (χ1) is 7.38. The third kappa shape index (κ3) is 3.04. The predicted octanol–water partition coefficient (Wildman–Crippen LogP) is 0.587. The Hall–Kier alpha value is -0.870. The molecule has 4 nitrogen and oxygen atoms in total. The number of aromatic nitrogens is 2. The van der Waals surface area contributed by atoms with E-state index in [9.17, 15) is 0 Å². The molecule has 0 saturated carbocycles. The summed E-state index contributed by atoms with van der Waals surface area (Å²) in [7, 11) is 0. The molecule has 0 bridgehead atoms. The topological polar surface area (TPSA) is 41.3 Å². The van der Waals surface area contributed by atoms with Gasteiger partial charge in [-0.1, -0.05) is 0 Å². The summed E-state index contributed by atoms with van der Waals surface area (Å²) in [6.07, 6.45) is 6.09. The van der Waals surface area contributed by atoms with E-state index in [0.29, 0.717) is 12.5 Å². The van der Waals surface area contributed by atoms with Crippen molar-refractivity contribution in [3.63, 3.8) is 0 Å². The van der Waals surface area contributed by atoms with Crippen LogP contribution in [0.2, 0.25) is 0 Å². The lowest BCUT2D eigenvalue weighted by molar-refractivity contribution is 0.128. The molecule has 15 heavy (non-hydrogen) atoms. The number of hydrogen-bond acceptors (Lipinski definition) is 3. The third-order valence-corrected chi connectivity index (χ3v) is 3.17. The van der Waals surface area contributed by atoms with E-state index in [1.165, 1.54) is 0 Å². The molecule has 0 spiro atoms. The second kappa shape index (κ2) is 5.28. The summed E-state index contributed by atoms with van der Waals surface area (Å²) in [5, 5.41) is 13.2. The van der Waals surface area contributed by atoms with Crippen molar-refractivity contribution < 1.29 is 5.11 Å². The van der Waals surface area contributed by atoms with Crippen molar-refractivity contribution in [3.8, 4) is 0 Å². The molecule has 4 heteroatoms. The summed E-state index contributed by atoms with van der Waals surface area (Å²) in [4.78, 5) is 2.45. The lowest BCUT2D eigenvalue weighted by Crippen LogP contribution is -2.36. The second-order valence-electron chi connectivity index (χ2n) is 4.24. The van der Waals surface area contributed by atoms with Crippen molar-refractivity contribution in [2.24, 2.45) is 5.92 Å². The molecule has 0 radical (unpaired) electrons. The van der Waals surface area contributed by atoms with Crippen LogP contribution < -0.4 is 0 Å². The summed E-state index contributed by atoms with van der Waals surface area (Å²) in [5.41, 5.74) is 0. The van der Waals surface area contributed by atoms with E-state index in [1.807, 2.05) is 23.1 Å². The van der Waals surface area contributed by atoms with Crippen LogP contribution in [0.15, 0.2) is 18.5 Å². The van der Waals surface area contributed by atoms with Crippen LogP contribution in [0.1, 0.15) is 12.8 Å². The number of nitrogens with zero attached hydrogens (tertiary/aromatic N) is 3. The first-order valence-corrected chi connectivity index (χ1v) is 5.69. The number of rotatable bonds is 4. The molecule has 1 aliphatic rings. The van der Waals surface area contributed by atoms with Gasteiger partial charge in [-0.05, 0) is 37.9 Å². The number of aliphatic hydroxyl groups excluding tert-OH is 1. The largest absolute Gasteiger partial charge is 0.396 e. The van der Waals surface area contributed by atoms with E-state index < -0.39 is 0 Å². The van der Waals surface area contributed by atoms with E-state index in [2.05, 4.69) is 10.00 Å². The predicted molar refractivity (Wildman–Crippen MR) is 58.5 cm³/mol. The lowest BCUT2D eigenvalue weighted by atomic mass is 9.98. The molecule has 0 atom stereocenters. The van der Waals surface area contributed by atoms with Crippen LogP contribution >= 0.6 is 0 Å². The molecule has 1 saturated heterocycles. The van der Waals surface area contributed by atoms with Crippen molar-refractivity contribution >= 4 is 0 Å². The van der Waals surface area contributed by atoms with Crippen molar-refractivity contribution in [2.45, 2.75) is 19.4 Å². The van der Waals surface area contributed by atoms with Gasteiger partial charge in [0.15, 0.2) is 0 Å². The van der Waals surface area contributed by atoms with Crippen molar-refractivity contribution in [2.75, 3.05) is 26.2 Å². The summed E-state index contributed by atoms with van der Waals surface area (Å²) in [5.74, 6) is 0.533. The lowest BCUT2D eigenvalue weighted by Gasteiger charge is -2.30. The first kappa shape index (κ1) is 10.6. The molecule has 0 amide bonds. The maximum Gasteiger partial charge on any atom is 0.0536 e. The van der Waals surface area contributed by atoms with Gasteiger partial charge in [-0.3, -0.25) is 4.68 Å². The molecule has 84 valence electrons. The van der Waals surface area contributed by atoms with Crippen LogP contribution in [0.4, 0.5) is 0 Å². The van der Waals surface area contributed by atoms with Crippen molar-refractivity contribution in [1.82, 2.24) is 14.7 Å². The Morgan fingerprint density at radius 2 is 2.07 bits per heavy atom. The summed E-state index contributed by atoms with van der Waals surface area (Å²) in [6.45, 7) is 4.63. The summed E-state index contributed by atoms with van der Waals surface area (Å²) in [6, 6.07) is 1.96. The Morgan fingerprint density at radius 3 is 2.67 bits per heavy atom. The van der Waals surface area contributed by atoms with Crippen molar-refractivity contribution in [3.05, 3.63) is 18.5 Å². The summed E-state index contributed by atoms with van der Waals surface area (Å²) < 4.78 is 1.97. The fraction of sp³-hybridized carbons (Fsp3) is 0.727. The zero-order chi connectivity index (χ0) is 10.5. The molecule has 0 unspecified atom stereocenters. The van der Waals surface area contributed by atoms with E-state index in [1.54, 1.807) is 0 Å². The van der Waals surface area contributed by atoms with Gasteiger partial charge in [-0.2, -0.15) is 5.10 Å². The molecule has 1 aromatic rings. The van der Waals surface area contributed by atoms with Crippen LogP contribution in [-0.4, -0.2) is 46.0 Å². The van der Waals surface area contributed by atoms with E-state index >= 15 is 0 Å². The highest BCUT2D eigenvalue weighted by Gasteiger charge is 2.17. The zero-order valence-electron chi connectivity index (χ0n) is 9.05. The van der Waals surface area contributed by atoms with Crippen LogP contribution in [0.25, 0.3) is 0 Å². The maximum atomic E-state index is 9.02. The smallest absolute Gasteiger partial charge is 0.0536 e. The highest BCUT2D eigenvalue weighted by Crippen LogP contribution is 2.15. The number of likely N-dealkylation sites (tertiary alicyclic amines) is 1. The number of hydrogen-bond donors (Lipinski definition) is 1. The van der Waals surface area contributed by atoms with E-state index in [0.717, 1.165) is 39.0 Å². The SMILES string of the molecule is OCC1CCN(CCn2cccn2)CC1. The highest BCUT2D eigenvalue weighted by molar-refractivity contribution is 4.78. The third-order valence-electron chi connectivity index (χ3n) is 3.17. The fourth-order valence-electron chi connectivity index (χ4n) is 2.07. The van der Waals surface area contributed by atoms with Gasteiger partial charge in [-0.15, -0.1) is 0 Å². The number of piperidine rings is 1. The zero-order valence-corrected chi connectivity index (χ0v) is 9.05.